The highest BCUT2D eigenvalue weighted by Crippen LogP contribution is 2.37. The van der Waals surface area contributed by atoms with Crippen LogP contribution in [0.1, 0.15) is 5.56 Å². The van der Waals surface area contributed by atoms with Gasteiger partial charge in [0.05, 0.1) is 24.2 Å². The highest BCUT2D eigenvalue weighted by molar-refractivity contribution is 7.92. The van der Waals surface area contributed by atoms with E-state index in [1.54, 1.807) is 28.8 Å². The van der Waals surface area contributed by atoms with E-state index in [-0.39, 0.29) is 22.8 Å². The molecule has 0 aliphatic rings. The van der Waals surface area contributed by atoms with E-state index in [0.717, 1.165) is 18.2 Å². The maximum atomic E-state index is 15.9. The number of ether oxygens (including phenoxy) is 1. The number of aromatic nitrogens is 4. The van der Waals surface area contributed by atoms with Crippen LogP contribution in [-0.4, -0.2) is 34.9 Å². The summed E-state index contributed by atoms with van der Waals surface area (Å²) in [5.41, 5.74) is 6.18. The van der Waals surface area contributed by atoms with E-state index in [1.165, 1.54) is 32.4 Å². The van der Waals surface area contributed by atoms with Crippen molar-refractivity contribution in [3.8, 4) is 28.4 Å². The lowest BCUT2D eigenvalue weighted by Gasteiger charge is -2.13. The molecule has 0 amide bonds. The normalized spacial score (nSPS) is 11.6. The summed E-state index contributed by atoms with van der Waals surface area (Å²) >= 11 is 0. The van der Waals surface area contributed by atoms with Gasteiger partial charge in [-0.1, -0.05) is 12.1 Å². The standard InChI is InChI=1S/C25H19F3N6O3S/c1-13-6-7-16(26)24(20(13)27)38(35,36)33-17-5-3-4-15(21(17)28)22-23(18-8-10-30-25(29)31-18)34-11-9-14(37-2)12-19(34)32-22/h3-12,33H,1-2H3,(H2,29,30,31). The number of nitrogens with two attached hydrogens (primary N) is 1. The lowest BCUT2D eigenvalue weighted by Crippen LogP contribution is -2.18. The van der Waals surface area contributed by atoms with Crippen molar-refractivity contribution in [2.75, 3.05) is 17.6 Å². The largest absolute Gasteiger partial charge is 0.497 e. The van der Waals surface area contributed by atoms with Gasteiger partial charge in [0, 0.05) is 24.0 Å². The summed E-state index contributed by atoms with van der Waals surface area (Å²) < 4.78 is 79.4. The summed E-state index contributed by atoms with van der Waals surface area (Å²) in [5, 5.41) is 0. The second-order valence-corrected chi connectivity index (χ2v) is 9.80. The number of hydrogen-bond acceptors (Lipinski definition) is 7. The second-order valence-electron chi connectivity index (χ2n) is 8.18. The fraction of sp³-hybridized carbons (Fsp3) is 0.0800. The Balaban J connectivity index is 1.69. The van der Waals surface area contributed by atoms with Crippen LogP contribution in [0.3, 0.4) is 0 Å². The molecule has 13 heteroatoms. The van der Waals surface area contributed by atoms with Crippen LogP contribution in [-0.2, 0) is 10.0 Å². The minimum atomic E-state index is -4.84. The van der Waals surface area contributed by atoms with Crippen molar-refractivity contribution in [1.82, 2.24) is 19.4 Å². The number of pyridine rings is 1. The number of methoxy groups -OCH3 is 1. The molecule has 0 unspecified atom stereocenters. The van der Waals surface area contributed by atoms with E-state index in [1.807, 2.05) is 4.72 Å². The minimum absolute atomic E-state index is 0.0268. The molecular weight excluding hydrogens is 521 g/mol. The summed E-state index contributed by atoms with van der Waals surface area (Å²) in [4.78, 5) is 11.4. The molecule has 38 heavy (non-hydrogen) atoms. The van der Waals surface area contributed by atoms with Gasteiger partial charge in [-0.3, -0.25) is 9.12 Å². The third kappa shape index (κ3) is 4.26. The number of anilines is 2. The first-order chi connectivity index (χ1) is 18.1. The quantitative estimate of drug-likeness (QED) is 0.323. The fourth-order valence-electron chi connectivity index (χ4n) is 3.96. The van der Waals surface area contributed by atoms with Crippen LogP contribution in [0.4, 0.5) is 24.8 Å². The molecule has 3 N–H and O–H groups in total. The zero-order valence-electron chi connectivity index (χ0n) is 19.9. The molecular formula is C25H19F3N6O3S. The molecule has 5 rings (SSSR count). The van der Waals surface area contributed by atoms with Crippen molar-refractivity contribution in [3.63, 3.8) is 0 Å². The Morgan fingerprint density at radius 3 is 2.55 bits per heavy atom. The third-order valence-electron chi connectivity index (χ3n) is 5.76. The molecule has 3 heterocycles. The third-order valence-corrected chi connectivity index (χ3v) is 7.16. The monoisotopic (exact) mass is 540 g/mol. The molecule has 0 aliphatic heterocycles. The van der Waals surface area contributed by atoms with Crippen molar-refractivity contribution in [2.45, 2.75) is 11.8 Å². The van der Waals surface area contributed by atoms with Crippen molar-refractivity contribution in [1.29, 1.82) is 0 Å². The van der Waals surface area contributed by atoms with Crippen LogP contribution in [0.15, 0.2) is 65.8 Å². The molecule has 2 aromatic carbocycles. The van der Waals surface area contributed by atoms with E-state index in [0.29, 0.717) is 22.8 Å². The Morgan fingerprint density at radius 2 is 1.82 bits per heavy atom. The lowest BCUT2D eigenvalue weighted by molar-refractivity contribution is 0.414. The van der Waals surface area contributed by atoms with E-state index in [9.17, 15) is 17.2 Å². The molecule has 0 saturated carbocycles. The zero-order valence-corrected chi connectivity index (χ0v) is 20.7. The van der Waals surface area contributed by atoms with E-state index < -0.39 is 38.1 Å². The molecule has 0 fully saturated rings. The smallest absolute Gasteiger partial charge is 0.267 e. The Kier molecular flexibility index (Phi) is 6.15. The minimum Gasteiger partial charge on any atom is -0.497 e. The summed E-state index contributed by atoms with van der Waals surface area (Å²) in [6, 6.07) is 10.7. The summed E-state index contributed by atoms with van der Waals surface area (Å²) in [6.07, 6.45) is 3.07. The first kappa shape index (κ1) is 25.0. The molecule has 194 valence electrons. The predicted molar refractivity (Wildman–Crippen MR) is 134 cm³/mol. The second kappa shape index (κ2) is 9.34. The van der Waals surface area contributed by atoms with Crippen LogP contribution >= 0.6 is 0 Å². The van der Waals surface area contributed by atoms with Gasteiger partial charge in [0.1, 0.15) is 28.7 Å². The van der Waals surface area contributed by atoms with Gasteiger partial charge in [-0.05, 0) is 42.8 Å². The van der Waals surface area contributed by atoms with Crippen molar-refractivity contribution in [3.05, 3.63) is 83.9 Å². The highest BCUT2D eigenvalue weighted by Gasteiger charge is 2.28. The number of sulfonamides is 1. The molecule has 0 aliphatic carbocycles. The molecule has 3 aromatic heterocycles. The number of rotatable bonds is 6. The number of nitrogen functional groups attached to an aromatic ring is 1. The number of halogens is 3. The van der Waals surface area contributed by atoms with Crippen molar-refractivity contribution >= 4 is 27.3 Å². The van der Waals surface area contributed by atoms with Crippen LogP contribution in [0.5, 0.6) is 5.75 Å². The van der Waals surface area contributed by atoms with Gasteiger partial charge in [0.15, 0.2) is 10.7 Å². The Hall–Kier alpha value is -4.65. The van der Waals surface area contributed by atoms with E-state index in [2.05, 4.69) is 15.0 Å². The molecule has 0 spiro atoms. The van der Waals surface area contributed by atoms with Gasteiger partial charge in [-0.2, -0.15) is 0 Å². The van der Waals surface area contributed by atoms with E-state index in [4.69, 9.17) is 10.5 Å². The molecule has 0 atom stereocenters. The van der Waals surface area contributed by atoms with Crippen molar-refractivity contribution < 1.29 is 26.3 Å². The number of nitrogens with one attached hydrogen (secondary N) is 1. The van der Waals surface area contributed by atoms with Crippen LogP contribution in [0.25, 0.3) is 28.3 Å². The van der Waals surface area contributed by atoms with Gasteiger partial charge in [0.25, 0.3) is 10.0 Å². The maximum absolute atomic E-state index is 15.9. The predicted octanol–water partition coefficient (Wildman–Crippen LogP) is 4.58. The number of aryl methyl sites for hydroxylation is 1. The molecule has 0 bridgehead atoms. The maximum Gasteiger partial charge on any atom is 0.267 e. The van der Waals surface area contributed by atoms with Crippen LogP contribution < -0.4 is 15.2 Å². The Bertz CT molecular complexity index is 1830. The van der Waals surface area contributed by atoms with Gasteiger partial charge >= 0.3 is 0 Å². The van der Waals surface area contributed by atoms with Gasteiger partial charge in [-0.25, -0.2) is 36.5 Å². The molecule has 0 saturated heterocycles. The SMILES string of the molecule is COc1ccn2c(-c3ccnc(N)n3)c(-c3cccc(NS(=O)(=O)c4c(F)ccc(C)c4F)c3F)nc2c1. The van der Waals surface area contributed by atoms with E-state index >= 15 is 4.39 Å². The van der Waals surface area contributed by atoms with Gasteiger partial charge < -0.3 is 10.5 Å². The Labute approximate surface area is 214 Å². The number of fused-ring (bicyclic) bond motifs is 1. The summed E-state index contributed by atoms with van der Waals surface area (Å²) in [5.74, 6) is -3.14. The van der Waals surface area contributed by atoms with Crippen LogP contribution in [0.2, 0.25) is 0 Å². The topological polar surface area (TPSA) is 124 Å². The first-order valence-corrected chi connectivity index (χ1v) is 12.5. The molecule has 5 aromatic rings. The summed E-state index contributed by atoms with van der Waals surface area (Å²) in [7, 11) is -3.36. The Morgan fingerprint density at radius 1 is 1.03 bits per heavy atom. The number of imidazole rings is 1. The highest BCUT2D eigenvalue weighted by atomic mass is 32.2. The number of nitrogens with zero attached hydrogens (tertiary/aromatic N) is 4. The van der Waals surface area contributed by atoms with Gasteiger partial charge in [-0.15, -0.1) is 0 Å². The van der Waals surface area contributed by atoms with Crippen molar-refractivity contribution in [2.24, 2.45) is 0 Å². The molecule has 9 nitrogen and oxygen atoms in total. The molecule has 0 radical (unpaired) electrons. The lowest BCUT2D eigenvalue weighted by atomic mass is 10.1. The number of benzene rings is 2. The number of hydrogen-bond donors (Lipinski definition) is 2. The zero-order chi connectivity index (χ0) is 27.2. The average molecular weight is 541 g/mol. The van der Waals surface area contributed by atoms with Gasteiger partial charge in [0.2, 0.25) is 5.95 Å². The first-order valence-electron chi connectivity index (χ1n) is 11.0. The fourth-order valence-corrected chi connectivity index (χ4v) is 5.23. The van der Waals surface area contributed by atoms with Crippen LogP contribution in [0, 0.1) is 24.4 Å². The average Bonchev–Trinajstić information content (AvgIpc) is 3.26. The summed E-state index contributed by atoms with van der Waals surface area (Å²) in [6.45, 7) is 1.29.